The van der Waals surface area contributed by atoms with Gasteiger partial charge in [-0.1, -0.05) is 0 Å². The minimum absolute atomic E-state index is 0.0909. The molecule has 0 aromatic rings. The van der Waals surface area contributed by atoms with Gasteiger partial charge in [0, 0.05) is 12.6 Å². The molecular formula is C14H27NO3. The van der Waals surface area contributed by atoms with Crippen LogP contribution >= 0.6 is 0 Å². The Morgan fingerprint density at radius 2 is 2.00 bits per heavy atom. The molecular weight excluding hydrogens is 230 g/mol. The van der Waals surface area contributed by atoms with Crippen LogP contribution in [0.1, 0.15) is 47.5 Å². The molecule has 0 spiro atoms. The van der Waals surface area contributed by atoms with E-state index in [0.717, 1.165) is 6.42 Å². The summed E-state index contributed by atoms with van der Waals surface area (Å²) in [6.07, 6.45) is 1.43. The molecule has 0 amide bonds. The molecule has 1 saturated heterocycles. The maximum absolute atomic E-state index is 11.4. The number of rotatable bonds is 5. The number of likely N-dealkylation sites (N-methyl/N-ethyl adjacent to an activating group) is 1. The Kier molecular flexibility index (Phi) is 4.78. The van der Waals surface area contributed by atoms with Crippen LogP contribution in [0.15, 0.2) is 0 Å². The number of ether oxygens (including phenoxy) is 2. The number of carbonyl (C=O) groups is 1. The third-order valence-corrected chi connectivity index (χ3v) is 3.53. The van der Waals surface area contributed by atoms with Crippen molar-refractivity contribution >= 4 is 5.97 Å². The van der Waals surface area contributed by atoms with E-state index in [-0.39, 0.29) is 17.2 Å². The van der Waals surface area contributed by atoms with E-state index in [1.54, 1.807) is 0 Å². The zero-order valence-electron chi connectivity index (χ0n) is 12.6. The molecule has 1 aliphatic rings. The topological polar surface area (TPSA) is 38.8 Å². The van der Waals surface area contributed by atoms with Crippen LogP contribution in [0.3, 0.4) is 0 Å². The van der Waals surface area contributed by atoms with Crippen molar-refractivity contribution in [2.45, 2.75) is 64.7 Å². The second kappa shape index (κ2) is 5.57. The smallest absolute Gasteiger partial charge is 0.307 e. The molecule has 0 bridgehead atoms. The van der Waals surface area contributed by atoms with Crippen molar-refractivity contribution in [3.8, 4) is 0 Å². The molecule has 1 fully saturated rings. The lowest BCUT2D eigenvalue weighted by Gasteiger charge is -2.33. The van der Waals surface area contributed by atoms with Crippen LogP contribution < -0.4 is 0 Å². The Hall–Kier alpha value is -0.610. The van der Waals surface area contributed by atoms with E-state index >= 15 is 0 Å². The van der Waals surface area contributed by atoms with E-state index in [1.165, 1.54) is 0 Å². The second-order valence-electron chi connectivity index (χ2n) is 6.22. The lowest BCUT2D eigenvalue weighted by Crippen LogP contribution is -2.45. The summed E-state index contributed by atoms with van der Waals surface area (Å²) < 4.78 is 11.0. The molecule has 1 heterocycles. The van der Waals surface area contributed by atoms with Crippen LogP contribution in [0, 0.1) is 0 Å². The van der Waals surface area contributed by atoms with Crippen LogP contribution in [0.2, 0.25) is 0 Å². The molecule has 1 rings (SSSR count). The number of hydrogen-bond donors (Lipinski definition) is 0. The predicted molar refractivity (Wildman–Crippen MR) is 71.5 cm³/mol. The van der Waals surface area contributed by atoms with Crippen molar-refractivity contribution < 1.29 is 14.3 Å². The lowest BCUT2D eigenvalue weighted by atomic mass is 9.93. The molecule has 1 atom stereocenters. The number of hydrogen-bond acceptors (Lipinski definition) is 4. The van der Waals surface area contributed by atoms with Crippen molar-refractivity contribution in [2.24, 2.45) is 0 Å². The molecule has 0 aromatic carbocycles. The zero-order valence-corrected chi connectivity index (χ0v) is 12.6. The van der Waals surface area contributed by atoms with Crippen LogP contribution in [0.4, 0.5) is 0 Å². The van der Waals surface area contributed by atoms with Gasteiger partial charge in [-0.25, -0.2) is 0 Å². The first-order chi connectivity index (χ1) is 8.18. The molecule has 1 unspecified atom stereocenters. The Bertz CT molecular complexity index is 299. The summed E-state index contributed by atoms with van der Waals surface area (Å²) in [7, 11) is 2.05. The van der Waals surface area contributed by atoms with Gasteiger partial charge in [0.25, 0.3) is 0 Å². The molecule has 4 heteroatoms. The standard InChI is InChI=1S/C14H27NO3/c1-7-17-12(16)8-9-15(6)11-10-13(2,3)18-14(11,4)5/h11H,7-10H2,1-6H3. The first-order valence-electron chi connectivity index (χ1n) is 6.74. The molecule has 106 valence electrons. The van der Waals surface area contributed by atoms with Crippen LogP contribution in [-0.2, 0) is 14.3 Å². The van der Waals surface area contributed by atoms with Gasteiger partial charge in [-0.3, -0.25) is 9.69 Å². The third-order valence-electron chi connectivity index (χ3n) is 3.53. The molecule has 0 radical (unpaired) electrons. The summed E-state index contributed by atoms with van der Waals surface area (Å²) in [5.74, 6) is -0.125. The minimum atomic E-state index is -0.174. The molecule has 0 aromatic heterocycles. The second-order valence-corrected chi connectivity index (χ2v) is 6.22. The third kappa shape index (κ3) is 3.95. The summed E-state index contributed by atoms with van der Waals surface area (Å²) in [6, 6.07) is 0.335. The van der Waals surface area contributed by atoms with Gasteiger partial charge < -0.3 is 9.47 Å². The van der Waals surface area contributed by atoms with Gasteiger partial charge in [-0.05, 0) is 48.1 Å². The summed E-state index contributed by atoms with van der Waals surface area (Å²) in [5.41, 5.74) is -0.265. The molecule has 0 N–H and O–H groups in total. The highest BCUT2D eigenvalue weighted by atomic mass is 16.5. The first-order valence-corrected chi connectivity index (χ1v) is 6.74. The van der Waals surface area contributed by atoms with E-state index in [2.05, 4.69) is 39.6 Å². The Morgan fingerprint density at radius 1 is 1.39 bits per heavy atom. The van der Waals surface area contributed by atoms with Crippen LogP contribution in [-0.4, -0.2) is 48.3 Å². The van der Waals surface area contributed by atoms with Crippen molar-refractivity contribution in [3.05, 3.63) is 0 Å². The Morgan fingerprint density at radius 3 is 2.44 bits per heavy atom. The largest absolute Gasteiger partial charge is 0.466 e. The van der Waals surface area contributed by atoms with E-state index in [0.29, 0.717) is 25.6 Å². The fourth-order valence-corrected chi connectivity index (χ4v) is 2.88. The van der Waals surface area contributed by atoms with Crippen molar-refractivity contribution in [2.75, 3.05) is 20.2 Å². The molecule has 0 saturated carbocycles. The SMILES string of the molecule is CCOC(=O)CCN(C)C1CC(C)(C)OC1(C)C. The number of carbonyl (C=O) groups excluding carboxylic acids is 1. The first kappa shape index (κ1) is 15.4. The summed E-state index contributed by atoms with van der Waals surface area (Å²) in [6.45, 7) is 11.5. The van der Waals surface area contributed by atoms with Gasteiger partial charge in [-0.15, -0.1) is 0 Å². The maximum Gasteiger partial charge on any atom is 0.307 e. The molecule has 4 nitrogen and oxygen atoms in total. The molecule has 1 aliphatic heterocycles. The van der Waals surface area contributed by atoms with E-state index in [4.69, 9.17) is 9.47 Å². The van der Waals surface area contributed by atoms with Crippen molar-refractivity contribution in [1.29, 1.82) is 0 Å². The van der Waals surface area contributed by atoms with Gasteiger partial charge in [0.2, 0.25) is 0 Å². The fourth-order valence-electron chi connectivity index (χ4n) is 2.88. The summed E-state index contributed by atoms with van der Waals surface area (Å²) in [4.78, 5) is 13.6. The van der Waals surface area contributed by atoms with E-state index in [9.17, 15) is 4.79 Å². The van der Waals surface area contributed by atoms with Crippen LogP contribution in [0.25, 0.3) is 0 Å². The average Bonchev–Trinajstić information content (AvgIpc) is 2.44. The number of nitrogens with zero attached hydrogens (tertiary/aromatic N) is 1. The van der Waals surface area contributed by atoms with Gasteiger partial charge in [0.05, 0.1) is 24.2 Å². The Balaban J connectivity index is 2.51. The van der Waals surface area contributed by atoms with Crippen molar-refractivity contribution in [1.82, 2.24) is 4.90 Å². The maximum atomic E-state index is 11.4. The Labute approximate surface area is 111 Å². The van der Waals surface area contributed by atoms with E-state index in [1.807, 2.05) is 6.92 Å². The van der Waals surface area contributed by atoms with E-state index < -0.39 is 0 Å². The zero-order chi connectivity index (χ0) is 14.0. The average molecular weight is 257 g/mol. The predicted octanol–water partition coefficient (Wildman–Crippen LogP) is 2.22. The molecule has 0 aliphatic carbocycles. The molecule has 18 heavy (non-hydrogen) atoms. The van der Waals surface area contributed by atoms with Gasteiger partial charge >= 0.3 is 5.97 Å². The van der Waals surface area contributed by atoms with Gasteiger partial charge in [-0.2, -0.15) is 0 Å². The monoisotopic (exact) mass is 257 g/mol. The quantitative estimate of drug-likeness (QED) is 0.708. The minimum Gasteiger partial charge on any atom is -0.466 e. The van der Waals surface area contributed by atoms with Gasteiger partial charge in [0.1, 0.15) is 0 Å². The highest BCUT2D eigenvalue weighted by Crippen LogP contribution is 2.39. The summed E-state index contributed by atoms with van der Waals surface area (Å²) in [5, 5.41) is 0. The highest BCUT2D eigenvalue weighted by molar-refractivity contribution is 5.69. The highest BCUT2D eigenvalue weighted by Gasteiger charge is 2.47. The normalized spacial score (nSPS) is 25.4. The lowest BCUT2D eigenvalue weighted by molar-refractivity contribution is -0.143. The van der Waals surface area contributed by atoms with Crippen molar-refractivity contribution in [3.63, 3.8) is 0 Å². The van der Waals surface area contributed by atoms with Gasteiger partial charge in [0.15, 0.2) is 0 Å². The summed E-state index contributed by atoms with van der Waals surface area (Å²) >= 11 is 0. The number of esters is 1. The fraction of sp³-hybridized carbons (Fsp3) is 0.929. The van der Waals surface area contributed by atoms with Crippen LogP contribution in [0.5, 0.6) is 0 Å².